The smallest absolute Gasteiger partial charge is 0.257 e. The Bertz CT molecular complexity index is 971. The molecule has 2 aliphatic rings. The summed E-state index contributed by atoms with van der Waals surface area (Å²) >= 11 is 0. The first kappa shape index (κ1) is 27.2. The van der Waals surface area contributed by atoms with Crippen molar-refractivity contribution in [2.24, 2.45) is 5.92 Å². The van der Waals surface area contributed by atoms with E-state index in [1.807, 2.05) is 62.1 Å². The van der Waals surface area contributed by atoms with E-state index >= 15 is 0 Å². The summed E-state index contributed by atoms with van der Waals surface area (Å²) in [5.41, 5.74) is 3.19. The van der Waals surface area contributed by atoms with Gasteiger partial charge < -0.3 is 24.8 Å². The van der Waals surface area contributed by atoms with Gasteiger partial charge in [-0.15, -0.1) is 0 Å². The minimum atomic E-state index is -0.0954. The lowest BCUT2D eigenvalue weighted by Crippen LogP contribution is -2.29. The highest BCUT2D eigenvalue weighted by Crippen LogP contribution is 2.39. The number of methoxy groups -OCH3 is 1. The van der Waals surface area contributed by atoms with Crippen LogP contribution < -0.4 is 14.8 Å². The second-order valence-corrected chi connectivity index (χ2v) is 7.80. The van der Waals surface area contributed by atoms with Gasteiger partial charge in [-0.1, -0.05) is 39.0 Å². The number of nitrogens with zero attached hydrogens (tertiary/aromatic N) is 1. The van der Waals surface area contributed by atoms with E-state index in [0.717, 1.165) is 37.5 Å². The Morgan fingerprint density at radius 3 is 2.44 bits per heavy atom. The lowest BCUT2D eigenvalue weighted by Gasteiger charge is -2.28. The Hall–Kier alpha value is -3.06. The van der Waals surface area contributed by atoms with Crippen molar-refractivity contribution < 1.29 is 24.2 Å². The molecule has 2 amide bonds. The van der Waals surface area contributed by atoms with Crippen LogP contribution in [-0.4, -0.2) is 42.6 Å². The molecule has 186 valence electrons. The fraction of sp³-hybridized carbons (Fsp3) is 0.481. The highest BCUT2D eigenvalue weighted by molar-refractivity contribution is 6.07. The van der Waals surface area contributed by atoms with Crippen LogP contribution in [0.2, 0.25) is 0 Å². The van der Waals surface area contributed by atoms with Crippen molar-refractivity contribution in [1.29, 1.82) is 0 Å². The Morgan fingerprint density at radius 1 is 1.15 bits per heavy atom. The predicted octanol–water partition coefficient (Wildman–Crippen LogP) is 5.18. The summed E-state index contributed by atoms with van der Waals surface area (Å²) in [5, 5.41) is 9.97. The summed E-state index contributed by atoms with van der Waals surface area (Å²) < 4.78 is 11.1. The molecule has 2 aromatic rings. The number of aliphatic hydroxyl groups excluding tert-OH is 1. The molecule has 0 aromatic heterocycles. The van der Waals surface area contributed by atoms with Crippen molar-refractivity contribution >= 4 is 17.5 Å². The minimum absolute atomic E-state index is 0.0122. The molecule has 1 fully saturated rings. The van der Waals surface area contributed by atoms with Crippen LogP contribution >= 0.6 is 0 Å². The molecule has 34 heavy (non-hydrogen) atoms. The zero-order valence-corrected chi connectivity index (χ0v) is 21.2. The van der Waals surface area contributed by atoms with Gasteiger partial charge in [0.2, 0.25) is 5.91 Å². The summed E-state index contributed by atoms with van der Waals surface area (Å²) in [6.45, 7) is 9.06. The quantitative estimate of drug-likeness (QED) is 0.555. The number of rotatable bonds is 8. The van der Waals surface area contributed by atoms with Crippen molar-refractivity contribution in [1.82, 2.24) is 4.90 Å². The maximum Gasteiger partial charge on any atom is 0.257 e. The van der Waals surface area contributed by atoms with Gasteiger partial charge in [-0.2, -0.15) is 0 Å². The number of nitrogens with one attached hydrogen (secondary N) is 1. The molecular weight excluding hydrogens is 432 g/mol. The average molecular weight is 471 g/mol. The first-order valence-electron chi connectivity index (χ1n) is 12.1. The van der Waals surface area contributed by atoms with Crippen molar-refractivity contribution in [3.63, 3.8) is 0 Å². The summed E-state index contributed by atoms with van der Waals surface area (Å²) in [4.78, 5) is 27.6. The molecule has 1 saturated carbocycles. The first-order chi connectivity index (χ1) is 16.6. The molecule has 0 radical (unpaired) electrons. The van der Waals surface area contributed by atoms with Crippen molar-refractivity contribution in [2.45, 2.75) is 59.5 Å². The van der Waals surface area contributed by atoms with Crippen LogP contribution in [-0.2, 0) is 11.3 Å². The van der Waals surface area contributed by atoms with Gasteiger partial charge in [0.1, 0.15) is 0 Å². The molecule has 0 saturated heterocycles. The number of carbonyl (C=O) groups excluding carboxylic acids is 2. The van der Waals surface area contributed by atoms with Crippen LogP contribution in [0.5, 0.6) is 11.5 Å². The molecule has 2 aromatic carbocycles. The third kappa shape index (κ3) is 5.89. The van der Waals surface area contributed by atoms with Gasteiger partial charge in [0, 0.05) is 19.6 Å². The van der Waals surface area contributed by atoms with Crippen molar-refractivity contribution in [3.8, 4) is 11.5 Å². The standard InChI is InChI=1S/C24H28N2O4.C2H6.CH4O/c1-4-19(16-11-12-20(29-3)21(13-16)30-5-2)26-14-17-7-6-8-18(22(17)24(26)28)25-23(27)15-9-10-15;2*1-2/h6-8,11-13,15,19H,4-5,9-10,14H2,1-3H3,(H,25,27);1-2H3;2H,1H3. The van der Waals surface area contributed by atoms with E-state index in [4.69, 9.17) is 14.6 Å². The average Bonchev–Trinajstić information content (AvgIpc) is 3.67. The Kier molecular flexibility index (Phi) is 10.4. The first-order valence-corrected chi connectivity index (χ1v) is 12.1. The molecule has 7 heteroatoms. The number of hydrogen-bond acceptors (Lipinski definition) is 5. The molecule has 7 nitrogen and oxygen atoms in total. The molecular formula is C27H38N2O5. The van der Waals surface area contributed by atoms with Gasteiger partial charge in [0.05, 0.1) is 31.0 Å². The van der Waals surface area contributed by atoms with Gasteiger partial charge in [0.15, 0.2) is 11.5 Å². The summed E-state index contributed by atoms with van der Waals surface area (Å²) in [5.74, 6) is 1.41. The SMILES string of the molecule is CC.CCOc1cc(C(CC)N2Cc3cccc(NC(=O)C4CC4)c3C2=O)ccc1OC.CO. The molecule has 1 heterocycles. The molecule has 2 N–H and O–H groups in total. The van der Waals surface area contributed by atoms with Gasteiger partial charge >= 0.3 is 0 Å². The largest absolute Gasteiger partial charge is 0.493 e. The van der Waals surface area contributed by atoms with E-state index < -0.39 is 0 Å². The summed E-state index contributed by atoms with van der Waals surface area (Å²) in [6.07, 6.45) is 2.62. The molecule has 4 rings (SSSR count). The fourth-order valence-corrected chi connectivity index (χ4v) is 4.12. The number of ether oxygens (including phenoxy) is 2. The fourth-order valence-electron chi connectivity index (χ4n) is 4.12. The van der Waals surface area contributed by atoms with E-state index in [1.165, 1.54) is 0 Å². The minimum Gasteiger partial charge on any atom is -0.493 e. The van der Waals surface area contributed by atoms with Crippen LogP contribution in [0.4, 0.5) is 5.69 Å². The Balaban J connectivity index is 0.000000970. The van der Waals surface area contributed by atoms with E-state index in [0.29, 0.717) is 35.9 Å². The number of amides is 2. The van der Waals surface area contributed by atoms with Crippen LogP contribution in [0, 0.1) is 5.92 Å². The predicted molar refractivity (Wildman–Crippen MR) is 134 cm³/mol. The maximum atomic E-state index is 13.4. The Labute approximate surface area is 203 Å². The number of anilines is 1. The lowest BCUT2D eigenvalue weighted by atomic mass is 10.0. The molecule has 1 aliphatic heterocycles. The second-order valence-electron chi connectivity index (χ2n) is 7.80. The molecule has 1 aliphatic carbocycles. The normalized spacial score (nSPS) is 14.7. The van der Waals surface area contributed by atoms with Gasteiger partial charge in [-0.25, -0.2) is 0 Å². The van der Waals surface area contributed by atoms with Gasteiger partial charge in [-0.3, -0.25) is 9.59 Å². The van der Waals surface area contributed by atoms with Crippen LogP contribution in [0.25, 0.3) is 0 Å². The second kappa shape index (κ2) is 13.0. The van der Waals surface area contributed by atoms with Crippen molar-refractivity contribution in [2.75, 3.05) is 26.1 Å². The summed E-state index contributed by atoms with van der Waals surface area (Å²) in [7, 11) is 2.62. The van der Waals surface area contributed by atoms with E-state index in [1.54, 1.807) is 7.11 Å². The van der Waals surface area contributed by atoms with Crippen molar-refractivity contribution in [3.05, 3.63) is 53.1 Å². The highest BCUT2D eigenvalue weighted by atomic mass is 16.5. The van der Waals surface area contributed by atoms with E-state index in [9.17, 15) is 9.59 Å². The molecule has 1 atom stereocenters. The lowest BCUT2D eigenvalue weighted by molar-refractivity contribution is -0.117. The monoisotopic (exact) mass is 470 g/mol. The number of fused-ring (bicyclic) bond motifs is 1. The highest BCUT2D eigenvalue weighted by Gasteiger charge is 2.36. The van der Waals surface area contributed by atoms with E-state index in [-0.39, 0.29) is 23.8 Å². The third-order valence-corrected chi connectivity index (χ3v) is 5.81. The maximum absolute atomic E-state index is 13.4. The van der Waals surface area contributed by atoms with Crippen LogP contribution in [0.1, 0.15) is 74.5 Å². The number of hydrogen-bond donors (Lipinski definition) is 2. The molecule has 1 unspecified atom stereocenters. The zero-order valence-electron chi connectivity index (χ0n) is 21.2. The van der Waals surface area contributed by atoms with Gasteiger partial charge in [0.25, 0.3) is 5.91 Å². The zero-order chi connectivity index (χ0) is 25.3. The topological polar surface area (TPSA) is 88.1 Å². The van der Waals surface area contributed by atoms with Gasteiger partial charge in [-0.05, 0) is 55.5 Å². The van der Waals surface area contributed by atoms with Crippen LogP contribution in [0.3, 0.4) is 0 Å². The van der Waals surface area contributed by atoms with E-state index in [2.05, 4.69) is 12.2 Å². The number of benzene rings is 2. The Morgan fingerprint density at radius 2 is 1.85 bits per heavy atom. The third-order valence-electron chi connectivity index (χ3n) is 5.81. The molecule has 0 spiro atoms. The number of aliphatic hydroxyl groups is 1. The molecule has 0 bridgehead atoms. The number of carbonyl (C=O) groups is 2. The van der Waals surface area contributed by atoms with Crippen LogP contribution in [0.15, 0.2) is 36.4 Å². The summed E-state index contributed by atoms with van der Waals surface area (Å²) in [6, 6.07) is 11.4.